The second kappa shape index (κ2) is 15.9. The summed E-state index contributed by atoms with van der Waals surface area (Å²) in [5.41, 5.74) is 0.768. The van der Waals surface area contributed by atoms with Gasteiger partial charge in [0.1, 0.15) is 0 Å². The van der Waals surface area contributed by atoms with E-state index in [9.17, 15) is 9.59 Å². The highest BCUT2D eigenvalue weighted by molar-refractivity contribution is 5.95. The van der Waals surface area contributed by atoms with Crippen LogP contribution in [-0.2, 0) is 9.47 Å². The summed E-state index contributed by atoms with van der Waals surface area (Å²) in [6, 6.07) is 6.57. The van der Waals surface area contributed by atoms with E-state index in [0.717, 1.165) is 65.0 Å². The molecule has 0 aliphatic rings. The van der Waals surface area contributed by atoms with Crippen LogP contribution in [0, 0.1) is 0 Å². The Hall–Kier alpha value is -1.92. The maximum atomic E-state index is 12.3. The van der Waals surface area contributed by atoms with Gasteiger partial charge in [-0.2, -0.15) is 0 Å². The fourth-order valence-corrected chi connectivity index (χ4v) is 3.22. The highest BCUT2D eigenvalue weighted by Gasteiger charge is 2.12. The smallest absolute Gasteiger partial charge is 0.338 e. The van der Waals surface area contributed by atoms with E-state index in [0.29, 0.717) is 24.3 Å². The van der Waals surface area contributed by atoms with Crippen LogP contribution in [0.3, 0.4) is 0 Å². The summed E-state index contributed by atoms with van der Waals surface area (Å²) in [5, 5.41) is 0. The third-order valence-corrected chi connectivity index (χ3v) is 5.33. The number of benzene rings is 1. The van der Waals surface area contributed by atoms with Gasteiger partial charge < -0.3 is 19.3 Å². The fourth-order valence-electron chi connectivity index (χ4n) is 3.22. The second-order valence-corrected chi connectivity index (χ2v) is 7.32. The van der Waals surface area contributed by atoms with Crippen molar-refractivity contribution in [3.8, 4) is 0 Å². The van der Waals surface area contributed by atoms with Crippen LogP contribution in [0.1, 0.15) is 74.1 Å². The number of unbranched alkanes of at least 4 members (excludes halogenated alkanes) is 2. The molecule has 1 rings (SSSR count). The van der Waals surface area contributed by atoms with Crippen molar-refractivity contribution in [2.45, 2.75) is 53.4 Å². The molecule has 0 unspecified atom stereocenters. The molecule has 0 aliphatic heterocycles. The van der Waals surface area contributed by atoms with Crippen molar-refractivity contribution in [1.29, 1.82) is 0 Å². The number of hydrogen-bond acceptors (Lipinski definition) is 6. The first-order chi connectivity index (χ1) is 14.5. The zero-order chi connectivity index (χ0) is 22.2. The van der Waals surface area contributed by atoms with Crippen molar-refractivity contribution in [2.24, 2.45) is 0 Å². The van der Waals surface area contributed by atoms with Gasteiger partial charge in [-0.15, -0.1) is 0 Å². The van der Waals surface area contributed by atoms with Crippen LogP contribution in [-0.4, -0.2) is 74.2 Å². The minimum atomic E-state index is -0.397. The molecule has 0 atom stereocenters. The first kappa shape index (κ1) is 26.1. The van der Waals surface area contributed by atoms with Crippen LogP contribution in [0.2, 0.25) is 0 Å². The molecule has 0 fully saturated rings. The summed E-state index contributed by atoms with van der Waals surface area (Å²) >= 11 is 0. The van der Waals surface area contributed by atoms with Gasteiger partial charge in [-0.3, -0.25) is 0 Å². The normalized spacial score (nSPS) is 11.1. The minimum absolute atomic E-state index is 0.384. The Balaban J connectivity index is 2.34. The Morgan fingerprint density at radius 3 is 1.47 bits per heavy atom. The Bertz CT molecular complexity index is 564. The Kier molecular flexibility index (Phi) is 13.8. The SMILES string of the molecule is CCN(CC)CCCCOC(=O)c1cccc(C(=O)OCCCCN(CC)CC)c1. The van der Waals surface area contributed by atoms with Crippen molar-refractivity contribution >= 4 is 11.9 Å². The summed E-state index contributed by atoms with van der Waals surface area (Å²) in [4.78, 5) is 29.2. The van der Waals surface area contributed by atoms with Gasteiger partial charge in [0.05, 0.1) is 24.3 Å². The summed E-state index contributed by atoms with van der Waals surface area (Å²) in [5.74, 6) is -0.793. The summed E-state index contributed by atoms with van der Waals surface area (Å²) in [7, 11) is 0. The molecule has 1 aromatic carbocycles. The zero-order valence-electron chi connectivity index (χ0n) is 19.3. The molecule has 0 heterocycles. The van der Waals surface area contributed by atoms with Gasteiger partial charge in [0.15, 0.2) is 0 Å². The molecule has 0 aromatic heterocycles. The third kappa shape index (κ3) is 10.2. The molecule has 6 nitrogen and oxygen atoms in total. The van der Waals surface area contributed by atoms with E-state index < -0.39 is 11.9 Å². The van der Waals surface area contributed by atoms with Crippen LogP contribution in [0.15, 0.2) is 24.3 Å². The minimum Gasteiger partial charge on any atom is -0.462 e. The van der Waals surface area contributed by atoms with Crippen LogP contribution in [0.4, 0.5) is 0 Å². The topological polar surface area (TPSA) is 59.1 Å². The first-order valence-corrected chi connectivity index (χ1v) is 11.4. The van der Waals surface area contributed by atoms with Crippen molar-refractivity contribution in [3.63, 3.8) is 0 Å². The van der Waals surface area contributed by atoms with Crippen molar-refractivity contribution in [3.05, 3.63) is 35.4 Å². The molecule has 0 bridgehead atoms. The molecule has 1 aromatic rings. The monoisotopic (exact) mass is 420 g/mol. The van der Waals surface area contributed by atoms with Gasteiger partial charge in [0.25, 0.3) is 0 Å². The highest BCUT2D eigenvalue weighted by atomic mass is 16.5. The standard InChI is InChI=1S/C24H40N2O4/c1-5-25(6-2)16-9-11-18-29-23(27)21-14-13-15-22(20-21)24(28)30-19-12-10-17-26(7-3)8-4/h13-15,20H,5-12,16-19H2,1-4H3. The van der Waals surface area contributed by atoms with Gasteiger partial charge >= 0.3 is 11.9 Å². The number of carbonyl (C=O) groups excluding carboxylic acids is 2. The fraction of sp³-hybridized carbons (Fsp3) is 0.667. The van der Waals surface area contributed by atoms with Crippen LogP contribution in [0.25, 0.3) is 0 Å². The molecular formula is C24H40N2O4. The number of ether oxygens (including phenoxy) is 2. The molecule has 0 aliphatic carbocycles. The second-order valence-electron chi connectivity index (χ2n) is 7.32. The number of carbonyl (C=O) groups is 2. The van der Waals surface area contributed by atoms with Crippen LogP contribution < -0.4 is 0 Å². The molecule has 0 N–H and O–H groups in total. The largest absolute Gasteiger partial charge is 0.462 e. The molecule has 0 amide bonds. The predicted molar refractivity (Wildman–Crippen MR) is 121 cm³/mol. The van der Waals surface area contributed by atoms with E-state index in [-0.39, 0.29) is 0 Å². The molecule has 6 heteroatoms. The predicted octanol–water partition coefficient (Wildman–Crippen LogP) is 4.24. The van der Waals surface area contributed by atoms with Gasteiger partial charge in [0, 0.05) is 0 Å². The molecule has 0 saturated carbocycles. The maximum Gasteiger partial charge on any atom is 0.338 e. The quantitative estimate of drug-likeness (QED) is 0.294. The third-order valence-electron chi connectivity index (χ3n) is 5.33. The van der Waals surface area contributed by atoms with Crippen LogP contribution >= 0.6 is 0 Å². The van der Waals surface area contributed by atoms with E-state index in [2.05, 4.69) is 37.5 Å². The van der Waals surface area contributed by atoms with Crippen molar-refractivity contribution in [2.75, 3.05) is 52.5 Å². The van der Waals surface area contributed by atoms with E-state index in [1.165, 1.54) is 0 Å². The maximum absolute atomic E-state index is 12.3. The lowest BCUT2D eigenvalue weighted by molar-refractivity contribution is 0.0494. The van der Waals surface area contributed by atoms with Crippen LogP contribution in [0.5, 0.6) is 0 Å². The van der Waals surface area contributed by atoms with E-state index in [4.69, 9.17) is 9.47 Å². The Labute approximate surface area is 182 Å². The molecule has 30 heavy (non-hydrogen) atoms. The number of rotatable bonds is 16. The van der Waals surface area contributed by atoms with Gasteiger partial charge in [-0.1, -0.05) is 33.8 Å². The van der Waals surface area contributed by atoms with E-state index in [1.807, 2.05) is 0 Å². The summed E-state index contributed by atoms with van der Waals surface area (Å²) < 4.78 is 10.7. The Morgan fingerprint density at radius 2 is 1.10 bits per heavy atom. The van der Waals surface area contributed by atoms with E-state index in [1.54, 1.807) is 24.3 Å². The lowest BCUT2D eigenvalue weighted by Crippen LogP contribution is -2.24. The molecule has 0 saturated heterocycles. The summed E-state index contributed by atoms with van der Waals surface area (Å²) in [6.45, 7) is 15.5. The lowest BCUT2D eigenvalue weighted by Gasteiger charge is -2.17. The van der Waals surface area contributed by atoms with Crippen molar-refractivity contribution < 1.29 is 19.1 Å². The summed E-state index contributed by atoms with van der Waals surface area (Å²) in [6.07, 6.45) is 3.65. The lowest BCUT2D eigenvalue weighted by atomic mass is 10.1. The average Bonchev–Trinajstić information content (AvgIpc) is 2.78. The molecule has 0 spiro atoms. The number of nitrogens with zero attached hydrogens (tertiary/aromatic N) is 2. The van der Waals surface area contributed by atoms with Gasteiger partial charge in [-0.25, -0.2) is 9.59 Å². The van der Waals surface area contributed by atoms with Gasteiger partial charge in [-0.05, 0) is 83.2 Å². The number of hydrogen-bond donors (Lipinski definition) is 0. The first-order valence-electron chi connectivity index (χ1n) is 11.4. The highest BCUT2D eigenvalue weighted by Crippen LogP contribution is 2.10. The zero-order valence-corrected chi connectivity index (χ0v) is 19.3. The average molecular weight is 421 g/mol. The molecule has 0 radical (unpaired) electrons. The van der Waals surface area contributed by atoms with Crippen molar-refractivity contribution in [1.82, 2.24) is 9.80 Å². The molecule has 170 valence electrons. The van der Waals surface area contributed by atoms with E-state index >= 15 is 0 Å². The van der Waals surface area contributed by atoms with Gasteiger partial charge in [0.2, 0.25) is 0 Å². The Morgan fingerprint density at radius 1 is 0.700 bits per heavy atom. The molecular weight excluding hydrogens is 380 g/mol. The number of esters is 2.